The van der Waals surface area contributed by atoms with Gasteiger partial charge in [0.1, 0.15) is 6.61 Å². The number of methoxy groups -OCH3 is 2. The van der Waals surface area contributed by atoms with E-state index >= 15 is 0 Å². The SMILES string of the molecule is COc1cc(OC)c(F)c(COc2ccnc(Nc3cnn(CCO)c3)n2)c1F. The summed E-state index contributed by atoms with van der Waals surface area (Å²) < 4.78 is 45.6. The quantitative estimate of drug-likeness (QED) is 0.557. The Labute approximate surface area is 164 Å². The molecule has 0 aliphatic heterocycles. The van der Waals surface area contributed by atoms with E-state index in [2.05, 4.69) is 20.4 Å². The van der Waals surface area contributed by atoms with E-state index in [4.69, 9.17) is 19.3 Å². The molecule has 9 nitrogen and oxygen atoms in total. The van der Waals surface area contributed by atoms with Crippen LogP contribution in [-0.4, -0.2) is 45.7 Å². The minimum absolute atomic E-state index is 0.0386. The van der Waals surface area contributed by atoms with E-state index in [-0.39, 0.29) is 35.5 Å². The molecule has 0 bridgehead atoms. The van der Waals surface area contributed by atoms with Crippen LogP contribution < -0.4 is 19.5 Å². The van der Waals surface area contributed by atoms with Crippen molar-refractivity contribution in [2.75, 3.05) is 26.1 Å². The predicted octanol–water partition coefficient (Wildman–Crippen LogP) is 2.28. The van der Waals surface area contributed by atoms with Crippen molar-refractivity contribution < 1.29 is 28.1 Å². The summed E-state index contributed by atoms with van der Waals surface area (Å²) in [7, 11) is 2.54. The van der Waals surface area contributed by atoms with Crippen molar-refractivity contribution in [1.29, 1.82) is 0 Å². The number of hydrogen-bond donors (Lipinski definition) is 2. The number of halogens is 2. The second kappa shape index (κ2) is 9.15. The molecule has 0 aliphatic rings. The summed E-state index contributed by atoms with van der Waals surface area (Å²) in [6.45, 7) is -0.119. The van der Waals surface area contributed by atoms with E-state index in [0.29, 0.717) is 12.2 Å². The van der Waals surface area contributed by atoms with E-state index < -0.39 is 18.2 Å². The van der Waals surface area contributed by atoms with Gasteiger partial charge in [-0.3, -0.25) is 4.68 Å². The minimum Gasteiger partial charge on any atom is -0.494 e. The van der Waals surface area contributed by atoms with Crippen LogP contribution in [0.4, 0.5) is 20.4 Å². The van der Waals surface area contributed by atoms with Crippen LogP contribution in [0.5, 0.6) is 17.4 Å². The molecule has 2 heterocycles. The van der Waals surface area contributed by atoms with Crippen LogP contribution in [0.25, 0.3) is 0 Å². The monoisotopic (exact) mass is 407 g/mol. The molecule has 0 amide bonds. The van der Waals surface area contributed by atoms with Gasteiger partial charge in [0.25, 0.3) is 0 Å². The van der Waals surface area contributed by atoms with Crippen LogP contribution in [0.3, 0.4) is 0 Å². The number of rotatable bonds is 9. The molecular formula is C18H19F2N5O4. The molecular weight excluding hydrogens is 388 g/mol. The maximum absolute atomic E-state index is 14.4. The highest BCUT2D eigenvalue weighted by atomic mass is 19.1. The number of benzene rings is 1. The third-order valence-corrected chi connectivity index (χ3v) is 3.88. The standard InChI is InChI=1S/C18H19F2N5O4/c1-27-13-7-14(28-2)17(20)12(16(13)19)10-29-15-3-4-21-18(24-15)23-11-8-22-25(9-11)5-6-26/h3-4,7-9,26H,5-6,10H2,1-2H3,(H,21,23,24). The molecule has 1 aromatic carbocycles. The average molecular weight is 407 g/mol. The Morgan fingerprint density at radius 1 is 1.17 bits per heavy atom. The molecule has 2 aromatic heterocycles. The number of ether oxygens (including phenoxy) is 3. The van der Waals surface area contributed by atoms with Crippen molar-refractivity contribution in [2.45, 2.75) is 13.2 Å². The Morgan fingerprint density at radius 3 is 2.55 bits per heavy atom. The molecule has 0 radical (unpaired) electrons. The molecule has 0 atom stereocenters. The topological polar surface area (TPSA) is 104 Å². The first kappa shape index (κ1) is 20.3. The van der Waals surface area contributed by atoms with Crippen molar-refractivity contribution in [3.63, 3.8) is 0 Å². The van der Waals surface area contributed by atoms with Gasteiger partial charge in [0.2, 0.25) is 11.8 Å². The zero-order valence-electron chi connectivity index (χ0n) is 15.7. The summed E-state index contributed by atoms with van der Waals surface area (Å²) in [5.74, 6) is -1.77. The summed E-state index contributed by atoms with van der Waals surface area (Å²) in [5, 5.41) is 15.9. The second-order valence-corrected chi connectivity index (χ2v) is 5.74. The summed E-state index contributed by atoms with van der Waals surface area (Å²) >= 11 is 0. The highest BCUT2D eigenvalue weighted by Gasteiger charge is 2.20. The van der Waals surface area contributed by atoms with E-state index in [1.165, 1.54) is 26.5 Å². The predicted molar refractivity (Wildman–Crippen MR) is 98.4 cm³/mol. The number of nitrogens with zero attached hydrogens (tertiary/aromatic N) is 4. The van der Waals surface area contributed by atoms with Gasteiger partial charge in [-0.1, -0.05) is 0 Å². The van der Waals surface area contributed by atoms with Crippen molar-refractivity contribution in [2.24, 2.45) is 0 Å². The smallest absolute Gasteiger partial charge is 0.230 e. The van der Waals surface area contributed by atoms with Gasteiger partial charge in [-0.05, 0) is 0 Å². The summed E-state index contributed by atoms with van der Waals surface area (Å²) in [4.78, 5) is 8.20. The number of anilines is 2. The Hall–Kier alpha value is -3.47. The largest absolute Gasteiger partial charge is 0.494 e. The fourth-order valence-corrected chi connectivity index (χ4v) is 2.47. The Kier molecular flexibility index (Phi) is 6.39. The van der Waals surface area contributed by atoms with Gasteiger partial charge in [-0.15, -0.1) is 0 Å². The van der Waals surface area contributed by atoms with Crippen LogP contribution >= 0.6 is 0 Å². The summed E-state index contributed by atoms with van der Waals surface area (Å²) in [6, 6.07) is 2.57. The van der Waals surface area contributed by atoms with Gasteiger partial charge in [-0.2, -0.15) is 10.1 Å². The molecule has 0 fully saturated rings. The Morgan fingerprint density at radius 2 is 1.90 bits per heavy atom. The molecule has 3 rings (SSSR count). The minimum atomic E-state index is -0.880. The second-order valence-electron chi connectivity index (χ2n) is 5.74. The number of nitrogens with one attached hydrogen (secondary N) is 1. The molecule has 0 saturated carbocycles. The molecule has 29 heavy (non-hydrogen) atoms. The highest BCUT2D eigenvalue weighted by Crippen LogP contribution is 2.31. The molecule has 0 spiro atoms. The fourth-order valence-electron chi connectivity index (χ4n) is 2.47. The van der Waals surface area contributed by atoms with Crippen molar-refractivity contribution >= 4 is 11.6 Å². The van der Waals surface area contributed by atoms with Gasteiger partial charge < -0.3 is 24.6 Å². The lowest BCUT2D eigenvalue weighted by molar-refractivity contribution is 0.269. The van der Waals surface area contributed by atoms with E-state index in [0.717, 1.165) is 6.07 Å². The molecule has 0 saturated heterocycles. The number of aliphatic hydroxyl groups is 1. The first-order chi connectivity index (χ1) is 14.0. The Balaban J connectivity index is 1.74. The summed E-state index contributed by atoms with van der Waals surface area (Å²) in [6.07, 6.45) is 4.64. The van der Waals surface area contributed by atoms with E-state index in [9.17, 15) is 8.78 Å². The van der Waals surface area contributed by atoms with Crippen molar-refractivity contribution in [3.05, 3.63) is 47.9 Å². The van der Waals surface area contributed by atoms with Gasteiger partial charge in [0.05, 0.1) is 44.8 Å². The van der Waals surface area contributed by atoms with E-state index in [1.54, 1.807) is 17.1 Å². The lowest BCUT2D eigenvalue weighted by Crippen LogP contribution is -2.07. The number of aromatic nitrogens is 4. The third-order valence-electron chi connectivity index (χ3n) is 3.88. The van der Waals surface area contributed by atoms with Crippen LogP contribution in [0, 0.1) is 11.6 Å². The lowest BCUT2D eigenvalue weighted by atomic mass is 10.1. The number of hydrogen-bond acceptors (Lipinski definition) is 8. The first-order valence-electron chi connectivity index (χ1n) is 8.50. The van der Waals surface area contributed by atoms with Crippen LogP contribution in [0.2, 0.25) is 0 Å². The maximum Gasteiger partial charge on any atom is 0.230 e. The maximum atomic E-state index is 14.4. The molecule has 154 valence electrons. The molecule has 3 aromatic rings. The van der Waals surface area contributed by atoms with Crippen LogP contribution in [0.1, 0.15) is 5.56 Å². The molecule has 0 aliphatic carbocycles. The molecule has 0 unspecified atom stereocenters. The lowest BCUT2D eigenvalue weighted by Gasteiger charge is -2.13. The normalized spacial score (nSPS) is 10.7. The highest BCUT2D eigenvalue weighted by molar-refractivity contribution is 5.50. The van der Waals surface area contributed by atoms with Gasteiger partial charge in [-0.25, -0.2) is 13.8 Å². The first-order valence-corrected chi connectivity index (χ1v) is 8.50. The van der Waals surface area contributed by atoms with Crippen molar-refractivity contribution in [1.82, 2.24) is 19.7 Å². The van der Waals surface area contributed by atoms with Gasteiger partial charge in [0, 0.05) is 24.5 Å². The Bertz CT molecular complexity index is 955. The van der Waals surface area contributed by atoms with Gasteiger partial charge in [0.15, 0.2) is 23.1 Å². The fraction of sp³-hybridized carbons (Fsp3) is 0.278. The van der Waals surface area contributed by atoms with Crippen LogP contribution in [0.15, 0.2) is 30.7 Å². The molecule has 2 N–H and O–H groups in total. The zero-order chi connectivity index (χ0) is 20.8. The molecule has 11 heteroatoms. The van der Waals surface area contributed by atoms with Gasteiger partial charge >= 0.3 is 0 Å². The summed E-state index contributed by atoms with van der Waals surface area (Å²) in [5.41, 5.74) is 0.254. The average Bonchev–Trinajstić information content (AvgIpc) is 3.15. The third kappa shape index (κ3) is 4.69. The zero-order valence-corrected chi connectivity index (χ0v) is 15.7. The number of aliphatic hydroxyl groups excluding tert-OH is 1. The van der Waals surface area contributed by atoms with Crippen molar-refractivity contribution in [3.8, 4) is 17.4 Å². The van der Waals surface area contributed by atoms with E-state index in [1.807, 2.05) is 0 Å². The van der Waals surface area contributed by atoms with Crippen LogP contribution in [-0.2, 0) is 13.2 Å².